The van der Waals surface area contributed by atoms with Crippen LogP contribution in [0.5, 0.6) is 0 Å². The van der Waals surface area contributed by atoms with Crippen LogP contribution in [0.3, 0.4) is 0 Å². The molecule has 4 heteroatoms. The molecule has 98 valence electrons. The lowest BCUT2D eigenvalue weighted by molar-refractivity contribution is -0.137. The van der Waals surface area contributed by atoms with Gasteiger partial charge in [0.05, 0.1) is 6.42 Å². The number of anilines is 1. The van der Waals surface area contributed by atoms with Crippen molar-refractivity contribution in [1.29, 1.82) is 0 Å². The van der Waals surface area contributed by atoms with Gasteiger partial charge in [-0.05, 0) is 37.1 Å². The molecule has 2 rings (SSSR count). The van der Waals surface area contributed by atoms with Crippen molar-refractivity contribution in [1.82, 2.24) is 5.32 Å². The first-order valence-electron chi connectivity index (χ1n) is 6.33. The first-order valence-corrected chi connectivity index (χ1v) is 6.33. The van der Waals surface area contributed by atoms with Gasteiger partial charge in [0.15, 0.2) is 0 Å². The number of nitrogens with one attached hydrogen (secondary N) is 1. The second-order valence-electron chi connectivity index (χ2n) is 4.96. The molecule has 1 fully saturated rings. The molecule has 0 radical (unpaired) electrons. The maximum absolute atomic E-state index is 10.8. The molecule has 1 aromatic rings. The van der Waals surface area contributed by atoms with Gasteiger partial charge in [0, 0.05) is 31.4 Å². The summed E-state index contributed by atoms with van der Waals surface area (Å²) in [6.07, 6.45) is 0.182. The lowest BCUT2D eigenvalue weighted by Crippen LogP contribution is -2.51. The fourth-order valence-electron chi connectivity index (χ4n) is 2.33. The molecule has 2 N–H and O–H groups in total. The van der Waals surface area contributed by atoms with Crippen molar-refractivity contribution in [2.45, 2.75) is 26.3 Å². The molecule has 18 heavy (non-hydrogen) atoms. The van der Waals surface area contributed by atoms with Gasteiger partial charge in [-0.15, -0.1) is 0 Å². The Kier molecular flexibility index (Phi) is 3.87. The number of carboxylic acid groups (broad SMARTS) is 1. The predicted molar refractivity (Wildman–Crippen MR) is 72.2 cm³/mol. The first kappa shape index (κ1) is 12.9. The molecule has 1 unspecified atom stereocenters. The van der Waals surface area contributed by atoms with Crippen LogP contribution in [0.1, 0.15) is 17.5 Å². The summed E-state index contributed by atoms with van der Waals surface area (Å²) in [7, 11) is 0. The number of benzene rings is 1. The zero-order valence-corrected chi connectivity index (χ0v) is 10.9. The molecule has 1 aliphatic heterocycles. The normalized spacial score (nSPS) is 19.9. The van der Waals surface area contributed by atoms with Gasteiger partial charge in [-0.1, -0.05) is 6.07 Å². The number of carboxylic acids is 1. The summed E-state index contributed by atoms with van der Waals surface area (Å²) in [4.78, 5) is 13.0. The van der Waals surface area contributed by atoms with E-state index in [0.29, 0.717) is 0 Å². The van der Waals surface area contributed by atoms with E-state index in [2.05, 4.69) is 42.3 Å². The average Bonchev–Trinajstić information content (AvgIpc) is 2.32. The van der Waals surface area contributed by atoms with Crippen molar-refractivity contribution in [2.24, 2.45) is 0 Å². The molecule has 1 atom stereocenters. The number of rotatable bonds is 3. The van der Waals surface area contributed by atoms with Gasteiger partial charge in [0.2, 0.25) is 0 Å². The van der Waals surface area contributed by atoms with Gasteiger partial charge in [-0.2, -0.15) is 0 Å². The highest BCUT2D eigenvalue weighted by atomic mass is 16.4. The van der Waals surface area contributed by atoms with Crippen LogP contribution >= 0.6 is 0 Å². The van der Waals surface area contributed by atoms with E-state index in [1.165, 1.54) is 16.8 Å². The summed E-state index contributed by atoms with van der Waals surface area (Å²) >= 11 is 0. The van der Waals surface area contributed by atoms with E-state index >= 15 is 0 Å². The number of hydrogen-bond acceptors (Lipinski definition) is 3. The summed E-state index contributed by atoms with van der Waals surface area (Å²) in [5.74, 6) is -0.741. The maximum atomic E-state index is 10.8. The van der Waals surface area contributed by atoms with Crippen molar-refractivity contribution in [3.8, 4) is 0 Å². The summed E-state index contributed by atoms with van der Waals surface area (Å²) in [5, 5.41) is 12.1. The van der Waals surface area contributed by atoms with Crippen molar-refractivity contribution in [2.75, 3.05) is 24.5 Å². The zero-order chi connectivity index (χ0) is 13.1. The van der Waals surface area contributed by atoms with Crippen molar-refractivity contribution in [3.05, 3.63) is 29.3 Å². The Morgan fingerprint density at radius 3 is 2.89 bits per heavy atom. The summed E-state index contributed by atoms with van der Waals surface area (Å²) in [6.45, 7) is 6.73. The van der Waals surface area contributed by atoms with Crippen molar-refractivity contribution < 1.29 is 9.90 Å². The summed E-state index contributed by atoms with van der Waals surface area (Å²) in [6, 6.07) is 6.46. The van der Waals surface area contributed by atoms with Gasteiger partial charge in [0.25, 0.3) is 0 Å². The SMILES string of the molecule is Cc1ccc(N2CCNC(CC(=O)O)C2)cc1C. The van der Waals surface area contributed by atoms with E-state index in [-0.39, 0.29) is 12.5 Å². The topological polar surface area (TPSA) is 52.6 Å². The van der Waals surface area contributed by atoms with E-state index in [4.69, 9.17) is 5.11 Å². The average molecular weight is 248 g/mol. The highest BCUT2D eigenvalue weighted by Gasteiger charge is 2.21. The van der Waals surface area contributed by atoms with Crippen LogP contribution in [0, 0.1) is 13.8 Å². The fourth-order valence-corrected chi connectivity index (χ4v) is 2.33. The molecule has 1 aliphatic rings. The Balaban J connectivity index is 2.08. The Morgan fingerprint density at radius 1 is 1.44 bits per heavy atom. The largest absolute Gasteiger partial charge is 0.481 e. The second-order valence-corrected chi connectivity index (χ2v) is 4.96. The molecular weight excluding hydrogens is 228 g/mol. The Labute approximate surface area is 108 Å². The minimum absolute atomic E-state index is 0.0397. The minimum Gasteiger partial charge on any atom is -0.481 e. The molecule has 4 nitrogen and oxygen atoms in total. The summed E-state index contributed by atoms with van der Waals surface area (Å²) < 4.78 is 0. The quantitative estimate of drug-likeness (QED) is 0.852. The number of aryl methyl sites for hydroxylation is 2. The van der Waals surface area contributed by atoms with Gasteiger partial charge < -0.3 is 15.3 Å². The third-order valence-corrected chi connectivity index (χ3v) is 3.53. The van der Waals surface area contributed by atoms with Crippen LogP contribution in [-0.2, 0) is 4.79 Å². The zero-order valence-electron chi connectivity index (χ0n) is 10.9. The van der Waals surface area contributed by atoms with Crippen LogP contribution in [0.25, 0.3) is 0 Å². The number of nitrogens with zero attached hydrogens (tertiary/aromatic N) is 1. The highest BCUT2D eigenvalue weighted by Crippen LogP contribution is 2.20. The number of aliphatic carboxylic acids is 1. The predicted octanol–water partition coefficient (Wildman–Crippen LogP) is 1.56. The van der Waals surface area contributed by atoms with Gasteiger partial charge in [-0.25, -0.2) is 0 Å². The molecule has 0 aromatic heterocycles. The molecule has 0 aliphatic carbocycles. The van der Waals surface area contributed by atoms with E-state index in [1.54, 1.807) is 0 Å². The number of piperazine rings is 1. The molecule has 1 saturated heterocycles. The molecule has 0 spiro atoms. The van der Waals surface area contributed by atoms with Gasteiger partial charge in [0.1, 0.15) is 0 Å². The fraction of sp³-hybridized carbons (Fsp3) is 0.500. The third-order valence-electron chi connectivity index (χ3n) is 3.53. The van der Waals surface area contributed by atoms with Crippen LogP contribution in [0.2, 0.25) is 0 Å². The van der Waals surface area contributed by atoms with Crippen LogP contribution < -0.4 is 10.2 Å². The Morgan fingerprint density at radius 2 is 2.22 bits per heavy atom. The van der Waals surface area contributed by atoms with E-state index in [0.717, 1.165) is 19.6 Å². The standard InChI is InChI=1S/C14H20N2O2/c1-10-3-4-13(7-11(10)2)16-6-5-15-12(9-16)8-14(17)18/h3-4,7,12,15H,5-6,8-9H2,1-2H3,(H,17,18). The van der Waals surface area contributed by atoms with E-state index < -0.39 is 5.97 Å². The van der Waals surface area contributed by atoms with E-state index in [9.17, 15) is 4.79 Å². The van der Waals surface area contributed by atoms with Crippen molar-refractivity contribution >= 4 is 11.7 Å². The third kappa shape index (κ3) is 3.01. The van der Waals surface area contributed by atoms with Crippen LogP contribution in [-0.4, -0.2) is 36.8 Å². The van der Waals surface area contributed by atoms with Crippen molar-refractivity contribution in [3.63, 3.8) is 0 Å². The molecule has 0 saturated carbocycles. The van der Waals surface area contributed by atoms with Gasteiger partial charge >= 0.3 is 5.97 Å². The lowest BCUT2D eigenvalue weighted by Gasteiger charge is -2.35. The lowest BCUT2D eigenvalue weighted by atomic mass is 10.1. The Hall–Kier alpha value is -1.55. The van der Waals surface area contributed by atoms with Crippen LogP contribution in [0.4, 0.5) is 5.69 Å². The first-order chi connectivity index (χ1) is 8.56. The second kappa shape index (κ2) is 5.40. The van der Waals surface area contributed by atoms with Gasteiger partial charge in [-0.3, -0.25) is 4.79 Å². The minimum atomic E-state index is -0.741. The molecule has 1 aromatic carbocycles. The monoisotopic (exact) mass is 248 g/mol. The highest BCUT2D eigenvalue weighted by molar-refractivity contribution is 5.67. The van der Waals surface area contributed by atoms with E-state index in [1.807, 2.05) is 0 Å². The molecule has 0 amide bonds. The Bertz CT molecular complexity index is 445. The maximum Gasteiger partial charge on any atom is 0.304 e. The smallest absolute Gasteiger partial charge is 0.304 e. The molecular formula is C14H20N2O2. The van der Waals surface area contributed by atoms with Crippen LogP contribution in [0.15, 0.2) is 18.2 Å². The number of carbonyl (C=O) groups is 1. The molecule has 1 heterocycles. The number of hydrogen-bond donors (Lipinski definition) is 2. The summed E-state index contributed by atoms with van der Waals surface area (Å²) in [5.41, 5.74) is 3.76. The molecule has 0 bridgehead atoms.